The molecule has 0 aromatic heterocycles. The van der Waals surface area contributed by atoms with Crippen molar-refractivity contribution in [2.45, 2.75) is 6.92 Å². The monoisotopic (exact) mass is 346 g/mol. The van der Waals surface area contributed by atoms with E-state index < -0.39 is 21.2 Å². The van der Waals surface area contributed by atoms with Crippen LogP contribution in [0, 0.1) is 20.2 Å². The number of aromatic hydroxyl groups is 1. The Kier molecular flexibility index (Phi) is 5.46. The van der Waals surface area contributed by atoms with E-state index in [1.165, 1.54) is 12.3 Å². The average molecular weight is 346 g/mol. The first-order valence-electron chi connectivity index (χ1n) is 7.10. The second-order valence-electron chi connectivity index (χ2n) is 4.71. The van der Waals surface area contributed by atoms with E-state index in [2.05, 4.69) is 10.5 Å². The molecule has 0 fully saturated rings. The zero-order chi connectivity index (χ0) is 18.4. The molecule has 0 bridgehead atoms. The van der Waals surface area contributed by atoms with Crippen LogP contribution in [-0.4, -0.2) is 27.8 Å². The molecule has 25 heavy (non-hydrogen) atoms. The van der Waals surface area contributed by atoms with Crippen molar-refractivity contribution in [1.29, 1.82) is 0 Å². The summed E-state index contributed by atoms with van der Waals surface area (Å²) in [4.78, 5) is 20.3. The number of phenols is 1. The summed E-state index contributed by atoms with van der Waals surface area (Å²) >= 11 is 0. The molecule has 2 aromatic rings. The van der Waals surface area contributed by atoms with Gasteiger partial charge in [-0.05, 0) is 25.1 Å². The number of benzene rings is 2. The van der Waals surface area contributed by atoms with Gasteiger partial charge in [0.15, 0.2) is 11.5 Å². The van der Waals surface area contributed by atoms with E-state index in [4.69, 9.17) is 4.74 Å². The van der Waals surface area contributed by atoms with Gasteiger partial charge in [0.2, 0.25) is 0 Å². The smallest absolute Gasteiger partial charge is 0.301 e. The molecule has 2 rings (SSSR count). The summed E-state index contributed by atoms with van der Waals surface area (Å²) < 4.78 is 5.24. The van der Waals surface area contributed by atoms with Crippen LogP contribution in [0.5, 0.6) is 11.5 Å². The minimum Gasteiger partial charge on any atom is -0.504 e. The zero-order valence-electron chi connectivity index (χ0n) is 13.1. The number of hydrazone groups is 1. The normalized spacial score (nSPS) is 10.6. The van der Waals surface area contributed by atoms with Crippen molar-refractivity contribution in [1.82, 2.24) is 0 Å². The van der Waals surface area contributed by atoms with Crippen molar-refractivity contribution >= 4 is 23.3 Å². The van der Waals surface area contributed by atoms with Crippen molar-refractivity contribution in [2.24, 2.45) is 5.10 Å². The van der Waals surface area contributed by atoms with Gasteiger partial charge in [0, 0.05) is 11.6 Å². The van der Waals surface area contributed by atoms with E-state index in [1.54, 1.807) is 25.1 Å². The molecule has 0 amide bonds. The Hall–Kier alpha value is -3.69. The molecule has 2 aromatic carbocycles. The van der Waals surface area contributed by atoms with Crippen LogP contribution in [0.1, 0.15) is 12.5 Å². The fourth-order valence-electron chi connectivity index (χ4n) is 1.97. The third-order valence-corrected chi connectivity index (χ3v) is 3.11. The van der Waals surface area contributed by atoms with E-state index in [0.717, 1.165) is 12.1 Å². The molecule has 0 saturated heterocycles. The molecular formula is C15H14N4O6. The number of para-hydroxylation sites is 1. The number of nitro benzene ring substituents is 2. The Balaban J connectivity index is 2.24. The third kappa shape index (κ3) is 4.19. The van der Waals surface area contributed by atoms with Gasteiger partial charge in [-0.2, -0.15) is 5.10 Å². The lowest BCUT2D eigenvalue weighted by Gasteiger charge is -2.07. The summed E-state index contributed by atoms with van der Waals surface area (Å²) in [5, 5.41) is 35.6. The molecule has 0 saturated carbocycles. The summed E-state index contributed by atoms with van der Waals surface area (Å²) in [6.45, 7) is 2.15. The standard InChI is InChI=1S/C15H14N4O6/c1-2-25-14-5-3-4-10(15(14)20)9-16-17-12-7-6-11(18(21)22)8-13(12)19(23)24/h3-9,17,20H,2H2,1H3. The Labute approximate surface area is 141 Å². The minimum atomic E-state index is -0.752. The van der Waals surface area contributed by atoms with Gasteiger partial charge in [-0.15, -0.1) is 0 Å². The fraction of sp³-hybridized carbons (Fsp3) is 0.133. The number of non-ortho nitro benzene ring substituents is 1. The molecule has 0 unspecified atom stereocenters. The molecule has 0 aliphatic rings. The van der Waals surface area contributed by atoms with Gasteiger partial charge < -0.3 is 9.84 Å². The quantitative estimate of drug-likeness (QED) is 0.446. The number of nitrogens with one attached hydrogen (secondary N) is 1. The van der Waals surface area contributed by atoms with E-state index >= 15 is 0 Å². The van der Waals surface area contributed by atoms with Crippen LogP contribution in [0.2, 0.25) is 0 Å². The van der Waals surface area contributed by atoms with Crippen LogP contribution in [0.15, 0.2) is 41.5 Å². The Bertz CT molecular complexity index is 837. The lowest BCUT2D eigenvalue weighted by molar-refractivity contribution is -0.393. The molecular weight excluding hydrogens is 332 g/mol. The maximum Gasteiger partial charge on any atom is 0.301 e. The maximum absolute atomic E-state index is 11.0. The molecule has 0 spiro atoms. The molecule has 2 N–H and O–H groups in total. The molecule has 0 radical (unpaired) electrons. The van der Waals surface area contributed by atoms with Gasteiger partial charge in [0.1, 0.15) is 5.69 Å². The van der Waals surface area contributed by atoms with E-state index in [9.17, 15) is 25.3 Å². The molecule has 0 atom stereocenters. The number of phenolic OH excluding ortho intramolecular Hbond substituents is 1. The lowest BCUT2D eigenvalue weighted by atomic mass is 10.2. The highest BCUT2D eigenvalue weighted by molar-refractivity contribution is 5.85. The molecule has 0 heterocycles. The predicted octanol–water partition coefficient (Wildman–Crippen LogP) is 3.05. The largest absolute Gasteiger partial charge is 0.504 e. The van der Waals surface area contributed by atoms with Crippen molar-refractivity contribution in [3.63, 3.8) is 0 Å². The highest BCUT2D eigenvalue weighted by Crippen LogP contribution is 2.30. The SMILES string of the molecule is CCOc1cccc(C=NNc2ccc([N+](=O)[O-])cc2[N+](=O)[O-])c1O. The van der Waals surface area contributed by atoms with Crippen LogP contribution < -0.4 is 10.2 Å². The first-order valence-corrected chi connectivity index (χ1v) is 7.10. The number of rotatable bonds is 7. The van der Waals surface area contributed by atoms with E-state index in [0.29, 0.717) is 12.2 Å². The van der Waals surface area contributed by atoms with E-state index in [1.807, 2.05) is 0 Å². The summed E-state index contributed by atoms with van der Waals surface area (Å²) in [5.74, 6) is 0.167. The molecule has 10 heteroatoms. The predicted molar refractivity (Wildman–Crippen MR) is 90.2 cm³/mol. The molecule has 0 aliphatic heterocycles. The van der Waals surface area contributed by atoms with Crippen molar-refractivity contribution in [2.75, 3.05) is 12.0 Å². The van der Waals surface area contributed by atoms with E-state index in [-0.39, 0.29) is 17.2 Å². The zero-order valence-corrected chi connectivity index (χ0v) is 13.1. The minimum absolute atomic E-state index is 0.0210. The van der Waals surface area contributed by atoms with Gasteiger partial charge in [-0.25, -0.2) is 0 Å². The maximum atomic E-state index is 11.0. The fourth-order valence-corrected chi connectivity index (χ4v) is 1.97. The lowest BCUT2D eigenvalue weighted by Crippen LogP contribution is -1.99. The Morgan fingerprint density at radius 1 is 1.24 bits per heavy atom. The van der Waals surface area contributed by atoms with Crippen LogP contribution in [-0.2, 0) is 0 Å². The number of anilines is 1. The van der Waals surface area contributed by atoms with Crippen LogP contribution in [0.4, 0.5) is 17.1 Å². The van der Waals surface area contributed by atoms with Crippen LogP contribution >= 0.6 is 0 Å². The van der Waals surface area contributed by atoms with Crippen molar-refractivity contribution in [3.05, 3.63) is 62.2 Å². The van der Waals surface area contributed by atoms with Crippen molar-refractivity contribution in [3.8, 4) is 11.5 Å². The average Bonchev–Trinajstić information content (AvgIpc) is 2.58. The van der Waals surface area contributed by atoms with Gasteiger partial charge in [0.05, 0.1) is 28.7 Å². The number of ether oxygens (including phenoxy) is 1. The number of nitrogens with zero attached hydrogens (tertiary/aromatic N) is 3. The topological polar surface area (TPSA) is 140 Å². The van der Waals surface area contributed by atoms with Crippen molar-refractivity contribution < 1.29 is 19.7 Å². The number of hydrogen-bond donors (Lipinski definition) is 2. The van der Waals surface area contributed by atoms with Crippen LogP contribution in [0.3, 0.4) is 0 Å². The summed E-state index contributed by atoms with van der Waals surface area (Å²) in [7, 11) is 0. The Morgan fingerprint density at radius 3 is 2.64 bits per heavy atom. The second kappa shape index (κ2) is 7.73. The summed E-state index contributed by atoms with van der Waals surface area (Å²) in [5.41, 5.74) is 1.87. The number of hydrogen-bond acceptors (Lipinski definition) is 8. The molecule has 0 aliphatic carbocycles. The van der Waals surface area contributed by atoms with Gasteiger partial charge in [-0.3, -0.25) is 25.7 Å². The van der Waals surface area contributed by atoms with Crippen LogP contribution in [0.25, 0.3) is 0 Å². The number of nitro groups is 2. The first-order chi connectivity index (χ1) is 11.9. The van der Waals surface area contributed by atoms with Gasteiger partial charge in [0.25, 0.3) is 5.69 Å². The first kappa shape index (κ1) is 17.7. The Morgan fingerprint density at radius 2 is 2.00 bits per heavy atom. The summed E-state index contributed by atoms with van der Waals surface area (Å²) in [6.07, 6.45) is 1.25. The third-order valence-electron chi connectivity index (χ3n) is 3.11. The second-order valence-corrected chi connectivity index (χ2v) is 4.71. The highest BCUT2D eigenvalue weighted by atomic mass is 16.6. The molecule has 10 nitrogen and oxygen atoms in total. The summed E-state index contributed by atoms with van der Waals surface area (Å²) in [6, 6.07) is 7.96. The molecule has 130 valence electrons. The van der Waals surface area contributed by atoms with Gasteiger partial charge >= 0.3 is 5.69 Å². The van der Waals surface area contributed by atoms with Gasteiger partial charge in [-0.1, -0.05) is 6.07 Å². The highest BCUT2D eigenvalue weighted by Gasteiger charge is 2.19.